The van der Waals surface area contributed by atoms with E-state index in [2.05, 4.69) is 5.32 Å². The van der Waals surface area contributed by atoms with Crippen LogP contribution >= 0.6 is 0 Å². The molecular formula is C21H26N2O4. The third kappa shape index (κ3) is 4.38. The van der Waals surface area contributed by atoms with Crippen LogP contribution in [0.2, 0.25) is 0 Å². The minimum atomic E-state index is -0.429. The second kappa shape index (κ2) is 7.94. The van der Waals surface area contributed by atoms with Crippen LogP contribution in [-0.4, -0.2) is 41.9 Å². The van der Waals surface area contributed by atoms with Gasteiger partial charge in [0.05, 0.1) is 12.2 Å². The highest BCUT2D eigenvalue weighted by molar-refractivity contribution is 5.97. The smallest absolute Gasteiger partial charge is 0.336 e. The highest BCUT2D eigenvalue weighted by atomic mass is 16.5. The van der Waals surface area contributed by atoms with E-state index in [1.54, 1.807) is 13.8 Å². The summed E-state index contributed by atoms with van der Waals surface area (Å²) in [5.41, 5.74) is 2.93. The minimum absolute atomic E-state index is 0.0649. The third-order valence-corrected chi connectivity index (χ3v) is 5.01. The van der Waals surface area contributed by atoms with Crippen molar-refractivity contribution in [3.63, 3.8) is 0 Å². The molecule has 1 saturated carbocycles. The first kappa shape index (κ1) is 19.1. The Hall–Kier alpha value is -2.63. The summed E-state index contributed by atoms with van der Waals surface area (Å²) in [6.45, 7) is 5.64. The van der Waals surface area contributed by atoms with Gasteiger partial charge in [-0.2, -0.15) is 0 Å². The van der Waals surface area contributed by atoms with Gasteiger partial charge in [0.2, 0.25) is 11.8 Å². The fourth-order valence-corrected chi connectivity index (χ4v) is 3.49. The number of carbonyl (C=O) groups is 3. The molecule has 0 aromatic heterocycles. The fourth-order valence-electron chi connectivity index (χ4n) is 3.49. The Kier molecular flexibility index (Phi) is 5.63. The van der Waals surface area contributed by atoms with Gasteiger partial charge >= 0.3 is 5.97 Å². The van der Waals surface area contributed by atoms with E-state index < -0.39 is 5.97 Å². The second-order valence-electron chi connectivity index (χ2n) is 7.21. The molecule has 27 heavy (non-hydrogen) atoms. The number of allylic oxidation sites excluding steroid dienone is 1. The molecule has 0 saturated heterocycles. The Balaban J connectivity index is 1.94. The SMILES string of the molecule is CCOC(=O)C1=C(C)N(CC(=O)NC2CC2)C(=O)C[C@@H]1c1cccc(C)c1. The van der Waals surface area contributed by atoms with E-state index in [0.717, 1.165) is 24.0 Å². The van der Waals surface area contributed by atoms with Gasteiger partial charge in [-0.15, -0.1) is 0 Å². The molecule has 1 fully saturated rings. The Morgan fingerprint density at radius 1 is 1.26 bits per heavy atom. The van der Waals surface area contributed by atoms with Gasteiger partial charge < -0.3 is 15.0 Å². The average molecular weight is 370 g/mol. The van der Waals surface area contributed by atoms with Crippen molar-refractivity contribution in [3.8, 4) is 0 Å². The molecule has 0 radical (unpaired) electrons. The highest BCUT2D eigenvalue weighted by Crippen LogP contribution is 2.37. The van der Waals surface area contributed by atoms with Crippen LogP contribution in [0.15, 0.2) is 35.5 Å². The van der Waals surface area contributed by atoms with E-state index in [1.165, 1.54) is 4.90 Å². The monoisotopic (exact) mass is 370 g/mol. The number of hydrogen-bond acceptors (Lipinski definition) is 4. The van der Waals surface area contributed by atoms with Crippen LogP contribution in [0.4, 0.5) is 0 Å². The lowest BCUT2D eigenvalue weighted by Crippen LogP contribution is -2.44. The van der Waals surface area contributed by atoms with Gasteiger partial charge in [-0.3, -0.25) is 9.59 Å². The molecule has 2 amide bonds. The number of benzene rings is 1. The average Bonchev–Trinajstić information content (AvgIpc) is 3.42. The molecule has 6 heteroatoms. The van der Waals surface area contributed by atoms with Gasteiger partial charge in [0, 0.05) is 24.1 Å². The Bertz CT molecular complexity index is 795. The zero-order chi connectivity index (χ0) is 19.6. The maximum Gasteiger partial charge on any atom is 0.336 e. The first-order valence-corrected chi connectivity index (χ1v) is 9.44. The first-order valence-electron chi connectivity index (χ1n) is 9.44. The number of nitrogens with one attached hydrogen (secondary N) is 1. The van der Waals surface area contributed by atoms with Crippen molar-refractivity contribution in [1.82, 2.24) is 10.2 Å². The first-order chi connectivity index (χ1) is 12.9. The molecule has 1 aliphatic heterocycles. The van der Waals surface area contributed by atoms with Crippen molar-refractivity contribution in [3.05, 3.63) is 46.7 Å². The van der Waals surface area contributed by atoms with E-state index in [4.69, 9.17) is 4.74 Å². The van der Waals surface area contributed by atoms with Crippen LogP contribution in [0.1, 0.15) is 50.2 Å². The molecule has 1 aromatic rings. The zero-order valence-corrected chi connectivity index (χ0v) is 16.1. The van der Waals surface area contributed by atoms with Crippen molar-refractivity contribution >= 4 is 17.8 Å². The van der Waals surface area contributed by atoms with E-state index >= 15 is 0 Å². The summed E-state index contributed by atoms with van der Waals surface area (Å²) in [5.74, 6) is -1.14. The summed E-state index contributed by atoms with van der Waals surface area (Å²) in [4.78, 5) is 39.1. The second-order valence-corrected chi connectivity index (χ2v) is 7.21. The van der Waals surface area contributed by atoms with E-state index in [9.17, 15) is 14.4 Å². The Labute approximate surface area is 159 Å². The molecule has 1 aliphatic carbocycles. The van der Waals surface area contributed by atoms with E-state index in [1.807, 2.05) is 31.2 Å². The number of nitrogens with zero attached hydrogens (tertiary/aromatic N) is 1. The van der Waals surface area contributed by atoms with Crippen molar-refractivity contribution in [2.45, 2.75) is 52.0 Å². The van der Waals surface area contributed by atoms with Crippen LogP contribution in [0.5, 0.6) is 0 Å². The summed E-state index contributed by atoms with van der Waals surface area (Å²) in [5, 5.41) is 2.89. The van der Waals surface area contributed by atoms with Crippen molar-refractivity contribution in [2.75, 3.05) is 13.2 Å². The maximum absolute atomic E-state index is 12.8. The minimum Gasteiger partial charge on any atom is -0.463 e. The van der Waals surface area contributed by atoms with Gasteiger partial charge in [-0.1, -0.05) is 29.8 Å². The van der Waals surface area contributed by atoms with Crippen LogP contribution in [0, 0.1) is 6.92 Å². The molecule has 0 unspecified atom stereocenters. The molecule has 0 bridgehead atoms. The third-order valence-electron chi connectivity index (χ3n) is 5.01. The molecule has 1 aromatic carbocycles. The van der Waals surface area contributed by atoms with Crippen molar-refractivity contribution in [2.24, 2.45) is 0 Å². The molecular weight excluding hydrogens is 344 g/mol. The molecule has 1 heterocycles. The van der Waals surface area contributed by atoms with Gasteiger partial charge in [0.25, 0.3) is 0 Å². The molecule has 6 nitrogen and oxygen atoms in total. The summed E-state index contributed by atoms with van der Waals surface area (Å²) < 4.78 is 5.26. The van der Waals surface area contributed by atoms with Crippen LogP contribution in [-0.2, 0) is 19.1 Å². The van der Waals surface area contributed by atoms with Crippen LogP contribution in [0.25, 0.3) is 0 Å². The summed E-state index contributed by atoms with van der Waals surface area (Å²) in [6, 6.07) is 8.03. The lowest BCUT2D eigenvalue weighted by atomic mass is 9.83. The van der Waals surface area contributed by atoms with E-state index in [-0.39, 0.29) is 43.3 Å². The van der Waals surface area contributed by atoms with Gasteiger partial charge in [-0.25, -0.2) is 4.79 Å². The zero-order valence-electron chi connectivity index (χ0n) is 16.1. The highest BCUT2D eigenvalue weighted by Gasteiger charge is 2.38. The lowest BCUT2D eigenvalue weighted by Gasteiger charge is -2.34. The molecule has 0 spiro atoms. The van der Waals surface area contributed by atoms with Crippen LogP contribution in [0.3, 0.4) is 0 Å². The molecule has 144 valence electrons. The number of aryl methyl sites for hydroxylation is 1. The van der Waals surface area contributed by atoms with Gasteiger partial charge in [0.1, 0.15) is 6.54 Å². The maximum atomic E-state index is 12.8. The predicted molar refractivity (Wildman–Crippen MR) is 101 cm³/mol. The van der Waals surface area contributed by atoms with E-state index in [0.29, 0.717) is 11.3 Å². The van der Waals surface area contributed by atoms with Gasteiger partial charge in [0.15, 0.2) is 0 Å². The van der Waals surface area contributed by atoms with Crippen molar-refractivity contribution in [1.29, 1.82) is 0 Å². The van der Waals surface area contributed by atoms with Crippen molar-refractivity contribution < 1.29 is 19.1 Å². The lowest BCUT2D eigenvalue weighted by molar-refractivity contribution is -0.141. The molecule has 3 rings (SSSR count). The predicted octanol–water partition coefficient (Wildman–Crippen LogP) is 2.43. The summed E-state index contributed by atoms with van der Waals surface area (Å²) in [6.07, 6.45) is 2.11. The quantitative estimate of drug-likeness (QED) is 0.781. The summed E-state index contributed by atoms with van der Waals surface area (Å²) in [7, 11) is 0. The fraction of sp³-hybridized carbons (Fsp3) is 0.476. The number of esters is 1. The Morgan fingerprint density at radius 2 is 2.00 bits per heavy atom. The van der Waals surface area contributed by atoms with Crippen LogP contribution < -0.4 is 5.32 Å². The summed E-state index contributed by atoms with van der Waals surface area (Å²) >= 11 is 0. The topological polar surface area (TPSA) is 75.7 Å². The number of carbonyl (C=O) groups excluding carboxylic acids is 3. The van der Waals surface area contributed by atoms with Gasteiger partial charge in [-0.05, 0) is 39.2 Å². The molecule has 2 aliphatic rings. The largest absolute Gasteiger partial charge is 0.463 e. The number of rotatable bonds is 6. The normalized spacial score (nSPS) is 19.9. The number of hydrogen-bond donors (Lipinski definition) is 1. The molecule has 1 atom stereocenters. The standard InChI is InChI=1S/C21H26N2O4/c1-4-27-21(26)20-14(3)23(12-18(24)22-16-8-9-16)19(25)11-17(20)15-7-5-6-13(2)10-15/h5-7,10,16-17H,4,8-9,11-12H2,1-3H3,(H,22,24)/t17-/m1/s1. The number of amides is 2. The molecule has 1 N–H and O–H groups in total. The number of ether oxygens (including phenoxy) is 1. The Morgan fingerprint density at radius 3 is 2.63 bits per heavy atom.